The summed E-state index contributed by atoms with van der Waals surface area (Å²) in [4.78, 5) is 23.7. The molecule has 0 saturated carbocycles. The van der Waals surface area contributed by atoms with E-state index in [1.165, 1.54) is 19.2 Å². The van der Waals surface area contributed by atoms with E-state index in [9.17, 15) is 31.2 Å². The molecule has 1 saturated heterocycles. The predicted molar refractivity (Wildman–Crippen MR) is 106 cm³/mol. The van der Waals surface area contributed by atoms with Gasteiger partial charge in [-0.05, 0) is 49.2 Å². The van der Waals surface area contributed by atoms with Crippen molar-refractivity contribution in [2.24, 2.45) is 5.92 Å². The molecule has 0 bridgehead atoms. The Bertz CT molecular complexity index is 1130. The minimum absolute atomic E-state index is 0.00846. The Hall–Kier alpha value is -2.92. The van der Waals surface area contributed by atoms with E-state index < -0.39 is 56.6 Å². The van der Waals surface area contributed by atoms with Gasteiger partial charge in [0.05, 0.1) is 13.0 Å². The zero-order valence-electron chi connectivity index (χ0n) is 17.0. The summed E-state index contributed by atoms with van der Waals surface area (Å²) in [6, 6.07) is 5.76. The van der Waals surface area contributed by atoms with Crippen LogP contribution in [-0.4, -0.2) is 51.3 Å². The lowest BCUT2D eigenvalue weighted by Crippen LogP contribution is -2.41. The number of esters is 1. The number of carbonyl (C=O) groups is 2. The van der Waals surface area contributed by atoms with Crippen molar-refractivity contribution in [3.63, 3.8) is 0 Å². The van der Waals surface area contributed by atoms with Crippen molar-refractivity contribution in [2.45, 2.75) is 17.7 Å². The van der Waals surface area contributed by atoms with Gasteiger partial charge in [0.2, 0.25) is 10.0 Å². The van der Waals surface area contributed by atoms with Crippen LogP contribution in [0.5, 0.6) is 5.75 Å². The second kappa shape index (κ2) is 9.70. The second-order valence-electron chi connectivity index (χ2n) is 7.13. The number of ether oxygens (including phenoxy) is 2. The average molecular weight is 471 g/mol. The minimum Gasteiger partial charge on any atom is -0.494 e. The van der Waals surface area contributed by atoms with Crippen molar-refractivity contribution in [3.05, 3.63) is 59.4 Å². The Morgan fingerprint density at radius 1 is 1.03 bits per heavy atom. The molecule has 11 heteroatoms. The Morgan fingerprint density at radius 2 is 1.72 bits per heavy atom. The largest absolute Gasteiger partial charge is 0.494 e. The molecule has 3 rings (SSSR count). The number of methoxy groups -OCH3 is 1. The number of hydrogen-bond donors (Lipinski definition) is 0. The number of ketones is 1. The van der Waals surface area contributed by atoms with Gasteiger partial charge in [-0.25, -0.2) is 21.6 Å². The Kier molecular flexibility index (Phi) is 7.19. The summed E-state index contributed by atoms with van der Waals surface area (Å²) in [6.45, 7) is -0.803. The molecule has 0 spiro atoms. The van der Waals surface area contributed by atoms with Crippen LogP contribution in [0.3, 0.4) is 0 Å². The molecule has 32 heavy (non-hydrogen) atoms. The molecule has 2 aromatic rings. The highest BCUT2D eigenvalue weighted by Gasteiger charge is 2.34. The summed E-state index contributed by atoms with van der Waals surface area (Å²) in [5.41, 5.74) is 0.00846. The van der Waals surface area contributed by atoms with Gasteiger partial charge >= 0.3 is 5.97 Å². The van der Waals surface area contributed by atoms with Crippen LogP contribution in [0.2, 0.25) is 0 Å². The first-order valence-electron chi connectivity index (χ1n) is 9.62. The fraction of sp³-hybridized carbons (Fsp3) is 0.333. The summed E-state index contributed by atoms with van der Waals surface area (Å²) in [7, 11) is -2.99. The standard InChI is InChI=1S/C21H20F3NO6S/c1-30-19-5-2-14(10-17(19)24)18(26)12-31-21(27)13-6-8-25(9-7-13)32(28,29)20-11-15(22)3-4-16(20)23/h2-5,10-11,13H,6-9,12H2,1H3. The summed E-state index contributed by atoms with van der Waals surface area (Å²) < 4.78 is 77.0. The third-order valence-electron chi connectivity index (χ3n) is 5.12. The van der Waals surface area contributed by atoms with Gasteiger partial charge in [0, 0.05) is 18.7 Å². The molecule has 0 amide bonds. The zero-order chi connectivity index (χ0) is 23.5. The van der Waals surface area contributed by atoms with E-state index in [-0.39, 0.29) is 37.2 Å². The molecule has 172 valence electrons. The van der Waals surface area contributed by atoms with Gasteiger partial charge in [-0.1, -0.05) is 0 Å². The third kappa shape index (κ3) is 5.10. The molecule has 7 nitrogen and oxygen atoms in total. The molecular formula is C21H20F3NO6S. The first-order valence-corrected chi connectivity index (χ1v) is 11.1. The van der Waals surface area contributed by atoms with E-state index in [0.29, 0.717) is 6.07 Å². The maximum Gasteiger partial charge on any atom is 0.309 e. The van der Waals surface area contributed by atoms with Crippen molar-refractivity contribution < 1.29 is 40.7 Å². The van der Waals surface area contributed by atoms with E-state index in [1.807, 2.05) is 0 Å². The molecule has 1 fully saturated rings. The van der Waals surface area contributed by atoms with E-state index in [4.69, 9.17) is 9.47 Å². The van der Waals surface area contributed by atoms with Crippen LogP contribution in [-0.2, 0) is 19.6 Å². The van der Waals surface area contributed by atoms with Crippen LogP contribution < -0.4 is 4.74 Å². The molecule has 0 aromatic heterocycles. The molecule has 0 radical (unpaired) electrons. The van der Waals surface area contributed by atoms with Crippen molar-refractivity contribution in [1.82, 2.24) is 4.31 Å². The van der Waals surface area contributed by atoms with Crippen LogP contribution in [0.4, 0.5) is 13.2 Å². The number of halogens is 3. The monoisotopic (exact) mass is 471 g/mol. The fourth-order valence-electron chi connectivity index (χ4n) is 3.32. The van der Waals surface area contributed by atoms with Crippen molar-refractivity contribution in [2.75, 3.05) is 26.8 Å². The topological polar surface area (TPSA) is 90.0 Å². The number of piperidine rings is 1. The van der Waals surface area contributed by atoms with Crippen LogP contribution in [0.25, 0.3) is 0 Å². The van der Waals surface area contributed by atoms with E-state index in [2.05, 4.69) is 0 Å². The van der Waals surface area contributed by atoms with E-state index in [1.54, 1.807) is 0 Å². The molecule has 0 unspecified atom stereocenters. The number of nitrogens with zero attached hydrogens (tertiary/aromatic N) is 1. The van der Waals surface area contributed by atoms with Crippen molar-refractivity contribution in [1.29, 1.82) is 0 Å². The van der Waals surface area contributed by atoms with Crippen LogP contribution in [0.1, 0.15) is 23.2 Å². The maximum absolute atomic E-state index is 13.9. The average Bonchev–Trinajstić information content (AvgIpc) is 2.78. The van der Waals surface area contributed by atoms with Crippen LogP contribution >= 0.6 is 0 Å². The summed E-state index contributed by atoms with van der Waals surface area (Å²) in [6.07, 6.45) is 0.167. The molecule has 0 aliphatic carbocycles. The van der Waals surface area contributed by atoms with Gasteiger partial charge in [0.1, 0.15) is 16.5 Å². The highest BCUT2D eigenvalue weighted by Crippen LogP contribution is 2.26. The lowest BCUT2D eigenvalue weighted by molar-refractivity contribution is -0.148. The van der Waals surface area contributed by atoms with Crippen LogP contribution in [0, 0.1) is 23.4 Å². The highest BCUT2D eigenvalue weighted by molar-refractivity contribution is 7.89. The lowest BCUT2D eigenvalue weighted by Gasteiger charge is -2.30. The first kappa shape index (κ1) is 23.7. The smallest absolute Gasteiger partial charge is 0.309 e. The Labute approximate surface area is 182 Å². The number of hydrogen-bond acceptors (Lipinski definition) is 6. The first-order chi connectivity index (χ1) is 15.1. The van der Waals surface area contributed by atoms with Gasteiger partial charge in [-0.2, -0.15) is 4.31 Å². The quantitative estimate of drug-likeness (QED) is 0.456. The highest BCUT2D eigenvalue weighted by atomic mass is 32.2. The Balaban J connectivity index is 1.56. The summed E-state index contributed by atoms with van der Waals surface area (Å²) in [5.74, 6) is -4.68. The van der Waals surface area contributed by atoms with E-state index >= 15 is 0 Å². The Morgan fingerprint density at radius 3 is 2.34 bits per heavy atom. The fourth-order valence-corrected chi connectivity index (χ4v) is 4.87. The zero-order valence-corrected chi connectivity index (χ0v) is 17.8. The number of sulfonamides is 1. The lowest BCUT2D eigenvalue weighted by atomic mass is 9.98. The SMILES string of the molecule is COc1ccc(C(=O)COC(=O)C2CCN(S(=O)(=O)c3cc(F)ccc3F)CC2)cc1F. The third-order valence-corrected chi connectivity index (χ3v) is 7.03. The molecule has 2 aromatic carbocycles. The number of Topliss-reactive ketones (excluding diaryl/α,β-unsaturated/α-hetero) is 1. The van der Waals surface area contributed by atoms with Gasteiger partial charge in [-0.15, -0.1) is 0 Å². The van der Waals surface area contributed by atoms with Gasteiger partial charge in [0.25, 0.3) is 0 Å². The summed E-state index contributed by atoms with van der Waals surface area (Å²) >= 11 is 0. The van der Waals surface area contributed by atoms with E-state index in [0.717, 1.165) is 22.5 Å². The molecule has 1 aliphatic heterocycles. The molecule has 1 heterocycles. The number of benzene rings is 2. The van der Waals surface area contributed by atoms with Crippen LogP contribution in [0.15, 0.2) is 41.3 Å². The van der Waals surface area contributed by atoms with Crippen molar-refractivity contribution >= 4 is 21.8 Å². The minimum atomic E-state index is -4.27. The molecule has 1 aliphatic rings. The number of carbonyl (C=O) groups excluding carboxylic acids is 2. The maximum atomic E-state index is 13.9. The molecule has 0 N–H and O–H groups in total. The van der Waals surface area contributed by atoms with Gasteiger partial charge in [0.15, 0.2) is 24.0 Å². The molecular weight excluding hydrogens is 451 g/mol. The summed E-state index contributed by atoms with van der Waals surface area (Å²) in [5, 5.41) is 0. The van der Waals surface area contributed by atoms with Gasteiger partial charge in [-0.3, -0.25) is 9.59 Å². The number of rotatable bonds is 7. The second-order valence-corrected chi connectivity index (χ2v) is 9.04. The van der Waals surface area contributed by atoms with Gasteiger partial charge < -0.3 is 9.47 Å². The van der Waals surface area contributed by atoms with Crippen molar-refractivity contribution in [3.8, 4) is 5.75 Å². The normalized spacial score (nSPS) is 15.4. The predicted octanol–water partition coefficient (Wildman–Crippen LogP) is 2.94. The molecule has 0 atom stereocenters.